The second-order valence-corrected chi connectivity index (χ2v) is 4.67. The van der Waals surface area contributed by atoms with Crippen LogP contribution in [0.5, 0.6) is 0 Å². The zero-order chi connectivity index (χ0) is 13.8. The van der Waals surface area contributed by atoms with Crippen LogP contribution < -0.4 is 11.1 Å². The molecular weight excluding hydrogens is 226 g/mol. The standard InChI is InChI=1S/C13H21N5/c1-5-13(15,6-2)8-16-12-11(7-14)9(3)10(4)17-18-12/h5-6,8,15H2,1-4H3,(H,16,18). The van der Waals surface area contributed by atoms with Gasteiger partial charge in [-0.05, 0) is 32.3 Å². The van der Waals surface area contributed by atoms with E-state index in [4.69, 9.17) is 5.73 Å². The van der Waals surface area contributed by atoms with Gasteiger partial charge in [-0.15, -0.1) is 5.10 Å². The maximum absolute atomic E-state index is 9.18. The van der Waals surface area contributed by atoms with E-state index in [0.717, 1.165) is 24.1 Å². The molecule has 1 rings (SSSR count). The first-order valence-electron chi connectivity index (χ1n) is 6.24. The second kappa shape index (κ2) is 5.78. The van der Waals surface area contributed by atoms with Gasteiger partial charge in [-0.1, -0.05) is 13.8 Å². The maximum Gasteiger partial charge on any atom is 0.166 e. The number of nitrogens with zero attached hydrogens (tertiary/aromatic N) is 3. The first kappa shape index (κ1) is 14.4. The Hall–Kier alpha value is -1.67. The van der Waals surface area contributed by atoms with Crippen LogP contribution in [0.25, 0.3) is 0 Å². The molecule has 0 aliphatic heterocycles. The van der Waals surface area contributed by atoms with Crippen LogP contribution in [0.3, 0.4) is 0 Å². The van der Waals surface area contributed by atoms with Crippen LogP contribution in [0.2, 0.25) is 0 Å². The minimum Gasteiger partial charge on any atom is -0.366 e. The number of aryl methyl sites for hydroxylation is 1. The van der Waals surface area contributed by atoms with E-state index in [-0.39, 0.29) is 5.54 Å². The Morgan fingerprint density at radius 3 is 2.39 bits per heavy atom. The minimum atomic E-state index is -0.271. The lowest BCUT2D eigenvalue weighted by atomic mass is 9.94. The molecular formula is C13H21N5. The number of hydrogen-bond donors (Lipinski definition) is 2. The van der Waals surface area contributed by atoms with E-state index in [2.05, 4.69) is 35.4 Å². The molecule has 5 heteroatoms. The lowest BCUT2D eigenvalue weighted by molar-refractivity contribution is 0.417. The molecule has 0 aromatic carbocycles. The van der Waals surface area contributed by atoms with Crippen LogP contribution in [0.1, 0.15) is 43.5 Å². The van der Waals surface area contributed by atoms with Crippen molar-refractivity contribution in [2.45, 2.75) is 46.1 Å². The summed E-state index contributed by atoms with van der Waals surface area (Å²) in [4.78, 5) is 0. The molecule has 0 saturated carbocycles. The zero-order valence-corrected chi connectivity index (χ0v) is 11.5. The highest BCUT2D eigenvalue weighted by Crippen LogP contribution is 2.19. The van der Waals surface area contributed by atoms with Crippen LogP contribution in [0, 0.1) is 25.2 Å². The highest BCUT2D eigenvalue weighted by atomic mass is 15.2. The van der Waals surface area contributed by atoms with Gasteiger partial charge < -0.3 is 11.1 Å². The number of nitrogens with two attached hydrogens (primary N) is 1. The lowest BCUT2D eigenvalue weighted by Crippen LogP contribution is -2.45. The van der Waals surface area contributed by atoms with E-state index in [9.17, 15) is 5.26 Å². The van der Waals surface area contributed by atoms with Crippen LogP contribution >= 0.6 is 0 Å². The van der Waals surface area contributed by atoms with Gasteiger partial charge in [0, 0.05) is 12.1 Å². The number of aromatic nitrogens is 2. The summed E-state index contributed by atoms with van der Waals surface area (Å²) in [6, 6.07) is 2.17. The molecule has 0 atom stereocenters. The molecule has 5 nitrogen and oxygen atoms in total. The highest BCUT2D eigenvalue weighted by Gasteiger charge is 2.21. The van der Waals surface area contributed by atoms with Gasteiger partial charge in [0.25, 0.3) is 0 Å². The van der Waals surface area contributed by atoms with Crippen molar-refractivity contribution in [3.05, 3.63) is 16.8 Å². The molecule has 0 saturated heterocycles. The molecule has 0 aliphatic carbocycles. The molecule has 1 heterocycles. The SMILES string of the molecule is CCC(N)(CC)CNc1nnc(C)c(C)c1C#N. The summed E-state index contributed by atoms with van der Waals surface area (Å²) in [5.41, 5.74) is 8.14. The molecule has 0 spiro atoms. The molecule has 98 valence electrons. The summed E-state index contributed by atoms with van der Waals surface area (Å²) in [7, 11) is 0. The summed E-state index contributed by atoms with van der Waals surface area (Å²) in [5.74, 6) is 0.525. The maximum atomic E-state index is 9.18. The van der Waals surface area contributed by atoms with Crippen molar-refractivity contribution in [3.8, 4) is 6.07 Å². The first-order chi connectivity index (χ1) is 8.47. The molecule has 0 fully saturated rings. The normalized spacial score (nSPS) is 11.1. The Balaban J connectivity index is 2.93. The topological polar surface area (TPSA) is 87.6 Å². The molecule has 0 aliphatic rings. The quantitative estimate of drug-likeness (QED) is 0.829. The number of nitrogens with one attached hydrogen (secondary N) is 1. The monoisotopic (exact) mass is 247 g/mol. The third-order valence-corrected chi connectivity index (χ3v) is 3.58. The van der Waals surface area contributed by atoms with Gasteiger partial charge in [0.2, 0.25) is 0 Å². The van der Waals surface area contributed by atoms with Gasteiger partial charge in [0.15, 0.2) is 5.82 Å². The van der Waals surface area contributed by atoms with Crippen LogP contribution in [-0.2, 0) is 0 Å². The van der Waals surface area contributed by atoms with E-state index in [1.54, 1.807) is 0 Å². The van der Waals surface area contributed by atoms with Gasteiger partial charge >= 0.3 is 0 Å². The molecule has 18 heavy (non-hydrogen) atoms. The average Bonchev–Trinajstić information content (AvgIpc) is 2.39. The van der Waals surface area contributed by atoms with Crippen molar-refractivity contribution >= 4 is 5.82 Å². The third-order valence-electron chi connectivity index (χ3n) is 3.58. The van der Waals surface area contributed by atoms with Crippen molar-refractivity contribution in [3.63, 3.8) is 0 Å². The highest BCUT2D eigenvalue weighted by molar-refractivity contribution is 5.55. The van der Waals surface area contributed by atoms with E-state index in [0.29, 0.717) is 17.9 Å². The summed E-state index contributed by atoms with van der Waals surface area (Å²) in [5, 5.41) is 20.4. The Bertz CT molecular complexity index is 457. The summed E-state index contributed by atoms with van der Waals surface area (Å²) < 4.78 is 0. The fourth-order valence-electron chi connectivity index (χ4n) is 1.63. The third kappa shape index (κ3) is 2.96. The molecule has 0 bridgehead atoms. The summed E-state index contributed by atoms with van der Waals surface area (Å²) >= 11 is 0. The van der Waals surface area contributed by atoms with Crippen LogP contribution in [0.4, 0.5) is 5.82 Å². The Labute approximate surface area is 108 Å². The van der Waals surface area contributed by atoms with Crippen molar-refractivity contribution < 1.29 is 0 Å². The largest absolute Gasteiger partial charge is 0.366 e. The van der Waals surface area contributed by atoms with Crippen molar-refractivity contribution in [2.24, 2.45) is 5.73 Å². The van der Waals surface area contributed by atoms with Crippen LogP contribution in [0.15, 0.2) is 0 Å². The number of nitriles is 1. The van der Waals surface area contributed by atoms with Gasteiger partial charge in [-0.2, -0.15) is 10.4 Å². The predicted molar refractivity (Wildman–Crippen MR) is 72.2 cm³/mol. The van der Waals surface area contributed by atoms with E-state index in [1.807, 2.05) is 13.8 Å². The first-order valence-corrected chi connectivity index (χ1v) is 6.24. The average molecular weight is 247 g/mol. The van der Waals surface area contributed by atoms with Crippen molar-refractivity contribution in [1.82, 2.24) is 10.2 Å². The Kier molecular flexibility index (Phi) is 4.62. The van der Waals surface area contributed by atoms with Gasteiger partial charge in [-0.3, -0.25) is 0 Å². The number of rotatable bonds is 5. The molecule has 0 unspecified atom stereocenters. The molecule has 1 aromatic rings. The molecule has 0 radical (unpaired) electrons. The van der Waals surface area contributed by atoms with E-state index < -0.39 is 0 Å². The van der Waals surface area contributed by atoms with E-state index >= 15 is 0 Å². The summed E-state index contributed by atoms with van der Waals surface area (Å²) in [6.07, 6.45) is 1.74. The lowest BCUT2D eigenvalue weighted by Gasteiger charge is -2.27. The Morgan fingerprint density at radius 1 is 1.28 bits per heavy atom. The zero-order valence-electron chi connectivity index (χ0n) is 11.5. The van der Waals surface area contributed by atoms with Crippen molar-refractivity contribution in [2.75, 3.05) is 11.9 Å². The van der Waals surface area contributed by atoms with E-state index in [1.165, 1.54) is 0 Å². The minimum absolute atomic E-state index is 0.271. The molecule has 0 amide bonds. The van der Waals surface area contributed by atoms with Gasteiger partial charge in [0.1, 0.15) is 11.6 Å². The van der Waals surface area contributed by atoms with Crippen LogP contribution in [-0.4, -0.2) is 22.3 Å². The second-order valence-electron chi connectivity index (χ2n) is 4.67. The fraction of sp³-hybridized carbons (Fsp3) is 0.615. The molecule has 1 aromatic heterocycles. The van der Waals surface area contributed by atoms with Crippen molar-refractivity contribution in [1.29, 1.82) is 5.26 Å². The fourth-order valence-corrected chi connectivity index (χ4v) is 1.63. The Morgan fingerprint density at radius 2 is 1.89 bits per heavy atom. The molecule has 3 N–H and O–H groups in total. The van der Waals surface area contributed by atoms with Gasteiger partial charge in [0.05, 0.1) is 5.69 Å². The number of hydrogen-bond acceptors (Lipinski definition) is 5. The number of anilines is 1. The van der Waals surface area contributed by atoms with Gasteiger partial charge in [-0.25, -0.2) is 0 Å². The smallest absolute Gasteiger partial charge is 0.166 e. The predicted octanol–water partition coefficient (Wildman–Crippen LogP) is 1.89. The summed E-state index contributed by atoms with van der Waals surface area (Å²) in [6.45, 7) is 8.43.